The second-order valence-corrected chi connectivity index (χ2v) is 7.72. The van der Waals surface area contributed by atoms with E-state index in [0.29, 0.717) is 12.5 Å². The fourth-order valence-electron chi connectivity index (χ4n) is 4.28. The standard InChI is InChI=1S/C22H24N6O/c29-12-11-27-10-9-23-19(15-27)22-21(24-7-8-25-22)17-13-28(14-17)20-6-5-16-3-1-2-4-18(16)26-20/h1-8,12,17,19,23H,9-11,13-15H2. The van der Waals surface area contributed by atoms with Gasteiger partial charge in [0.15, 0.2) is 0 Å². The summed E-state index contributed by atoms with van der Waals surface area (Å²) in [6.45, 7) is 4.78. The molecule has 148 valence electrons. The van der Waals surface area contributed by atoms with Crippen LogP contribution in [0.2, 0.25) is 0 Å². The lowest BCUT2D eigenvalue weighted by molar-refractivity contribution is -0.109. The molecule has 2 aliphatic heterocycles. The summed E-state index contributed by atoms with van der Waals surface area (Å²) in [5, 5.41) is 4.70. The number of para-hydroxylation sites is 1. The Morgan fingerprint density at radius 2 is 1.86 bits per heavy atom. The van der Waals surface area contributed by atoms with E-state index in [2.05, 4.69) is 49.4 Å². The number of carbonyl (C=O) groups is 1. The Labute approximate surface area is 169 Å². The smallest absolute Gasteiger partial charge is 0.133 e. The van der Waals surface area contributed by atoms with E-state index in [9.17, 15) is 4.79 Å². The summed E-state index contributed by atoms with van der Waals surface area (Å²) in [6, 6.07) is 12.5. The molecule has 3 aromatic rings. The number of benzene rings is 1. The Kier molecular flexibility index (Phi) is 4.91. The van der Waals surface area contributed by atoms with Gasteiger partial charge in [-0.25, -0.2) is 4.98 Å². The van der Waals surface area contributed by atoms with Crippen molar-refractivity contribution in [3.05, 3.63) is 60.2 Å². The third-order valence-electron chi connectivity index (χ3n) is 5.85. The van der Waals surface area contributed by atoms with E-state index < -0.39 is 0 Å². The van der Waals surface area contributed by atoms with E-state index in [0.717, 1.165) is 67.1 Å². The molecule has 0 radical (unpaired) electrons. The lowest BCUT2D eigenvalue weighted by Gasteiger charge is -2.41. The minimum atomic E-state index is 0.111. The predicted octanol–water partition coefficient (Wildman–Crippen LogP) is 1.77. The van der Waals surface area contributed by atoms with Crippen LogP contribution in [0.25, 0.3) is 10.9 Å². The molecule has 7 nitrogen and oxygen atoms in total. The highest BCUT2D eigenvalue weighted by Crippen LogP contribution is 2.33. The Balaban J connectivity index is 1.32. The molecule has 0 aliphatic carbocycles. The van der Waals surface area contributed by atoms with Crippen molar-refractivity contribution in [2.75, 3.05) is 44.2 Å². The number of nitrogens with one attached hydrogen (secondary N) is 1. The third kappa shape index (κ3) is 3.59. The van der Waals surface area contributed by atoms with E-state index in [4.69, 9.17) is 4.98 Å². The summed E-state index contributed by atoms with van der Waals surface area (Å²) in [7, 11) is 0. The van der Waals surface area contributed by atoms with E-state index in [-0.39, 0.29) is 6.04 Å². The molecule has 0 amide bonds. The zero-order chi connectivity index (χ0) is 19.6. The lowest BCUT2D eigenvalue weighted by atomic mass is 9.92. The fraction of sp³-hybridized carbons (Fsp3) is 0.364. The SMILES string of the molecule is O=CCN1CCNC(c2nccnc2C2CN(c3ccc4ccccc4n3)C2)C1. The van der Waals surface area contributed by atoms with Crippen molar-refractivity contribution in [1.82, 2.24) is 25.2 Å². The molecule has 2 saturated heterocycles. The minimum absolute atomic E-state index is 0.111. The van der Waals surface area contributed by atoms with Gasteiger partial charge in [-0.1, -0.05) is 18.2 Å². The Morgan fingerprint density at radius 1 is 1.03 bits per heavy atom. The van der Waals surface area contributed by atoms with Crippen LogP contribution in [0.3, 0.4) is 0 Å². The number of hydrogen-bond acceptors (Lipinski definition) is 7. The Morgan fingerprint density at radius 3 is 2.72 bits per heavy atom. The van der Waals surface area contributed by atoms with E-state index in [1.165, 1.54) is 0 Å². The molecule has 1 atom stereocenters. The largest absolute Gasteiger partial charge is 0.355 e. The second kappa shape index (κ2) is 7.85. The zero-order valence-electron chi connectivity index (χ0n) is 16.2. The Bertz CT molecular complexity index is 1020. The van der Waals surface area contributed by atoms with Gasteiger partial charge in [0, 0.05) is 56.4 Å². The summed E-state index contributed by atoms with van der Waals surface area (Å²) in [4.78, 5) is 29.5. The molecule has 7 heteroatoms. The monoisotopic (exact) mass is 388 g/mol. The van der Waals surface area contributed by atoms with Crippen molar-refractivity contribution in [3.63, 3.8) is 0 Å². The summed E-state index contributed by atoms with van der Waals surface area (Å²) in [5.41, 5.74) is 3.10. The average Bonchev–Trinajstić information content (AvgIpc) is 2.73. The van der Waals surface area contributed by atoms with Gasteiger partial charge in [0.25, 0.3) is 0 Å². The van der Waals surface area contributed by atoms with Crippen LogP contribution in [-0.2, 0) is 4.79 Å². The molecule has 29 heavy (non-hydrogen) atoms. The van der Waals surface area contributed by atoms with Crippen LogP contribution >= 0.6 is 0 Å². The first kappa shape index (κ1) is 18.1. The molecule has 0 saturated carbocycles. The molecular weight excluding hydrogens is 364 g/mol. The molecule has 5 rings (SSSR count). The maximum atomic E-state index is 10.9. The number of nitrogens with zero attached hydrogens (tertiary/aromatic N) is 5. The highest BCUT2D eigenvalue weighted by molar-refractivity contribution is 5.80. The third-order valence-corrected chi connectivity index (χ3v) is 5.85. The van der Waals surface area contributed by atoms with Gasteiger partial charge in [-0.2, -0.15) is 0 Å². The number of aldehydes is 1. The van der Waals surface area contributed by atoms with Gasteiger partial charge >= 0.3 is 0 Å². The van der Waals surface area contributed by atoms with E-state index in [1.54, 1.807) is 12.4 Å². The van der Waals surface area contributed by atoms with Gasteiger partial charge in [-0.15, -0.1) is 0 Å². The highest BCUT2D eigenvalue weighted by atomic mass is 16.1. The molecule has 1 N–H and O–H groups in total. The van der Waals surface area contributed by atoms with Gasteiger partial charge in [-0.05, 0) is 18.2 Å². The second-order valence-electron chi connectivity index (χ2n) is 7.72. The highest BCUT2D eigenvalue weighted by Gasteiger charge is 2.34. The molecule has 2 aliphatic rings. The first-order valence-corrected chi connectivity index (χ1v) is 10.1. The quantitative estimate of drug-likeness (QED) is 0.668. The molecule has 0 bridgehead atoms. The van der Waals surface area contributed by atoms with E-state index >= 15 is 0 Å². The van der Waals surface area contributed by atoms with Gasteiger partial charge < -0.3 is 15.0 Å². The summed E-state index contributed by atoms with van der Waals surface area (Å²) in [5.74, 6) is 1.36. The maximum absolute atomic E-state index is 10.9. The van der Waals surface area contributed by atoms with Gasteiger partial charge in [0.2, 0.25) is 0 Å². The molecule has 0 spiro atoms. The lowest BCUT2D eigenvalue weighted by Crippen LogP contribution is -2.49. The van der Waals surface area contributed by atoms with Gasteiger partial charge in [0.1, 0.15) is 12.1 Å². The van der Waals surface area contributed by atoms with Crippen molar-refractivity contribution < 1.29 is 4.79 Å². The Hall–Kier alpha value is -2.90. The average molecular weight is 388 g/mol. The van der Waals surface area contributed by atoms with Crippen LogP contribution < -0.4 is 10.2 Å². The molecule has 4 heterocycles. The molecule has 2 fully saturated rings. The topological polar surface area (TPSA) is 74.2 Å². The minimum Gasteiger partial charge on any atom is -0.355 e. The van der Waals surface area contributed by atoms with Crippen molar-refractivity contribution in [1.29, 1.82) is 0 Å². The molecule has 1 aromatic carbocycles. The molecule has 2 aromatic heterocycles. The number of piperazine rings is 1. The number of pyridine rings is 1. The fourth-order valence-corrected chi connectivity index (χ4v) is 4.28. The maximum Gasteiger partial charge on any atom is 0.133 e. The number of rotatable bonds is 5. The molecular formula is C22H24N6O. The number of anilines is 1. The normalized spacial score (nSPS) is 20.6. The van der Waals surface area contributed by atoms with Crippen molar-refractivity contribution in [2.24, 2.45) is 0 Å². The number of fused-ring (bicyclic) bond motifs is 1. The van der Waals surface area contributed by atoms with Crippen LogP contribution in [0.5, 0.6) is 0 Å². The van der Waals surface area contributed by atoms with Crippen LogP contribution in [0.4, 0.5) is 5.82 Å². The first-order valence-electron chi connectivity index (χ1n) is 10.1. The van der Waals surface area contributed by atoms with Gasteiger partial charge in [-0.3, -0.25) is 14.9 Å². The van der Waals surface area contributed by atoms with Crippen molar-refractivity contribution in [2.45, 2.75) is 12.0 Å². The number of hydrogen-bond donors (Lipinski definition) is 1. The molecule has 1 unspecified atom stereocenters. The van der Waals surface area contributed by atoms with Crippen LogP contribution in [0, 0.1) is 0 Å². The predicted molar refractivity (Wildman–Crippen MR) is 112 cm³/mol. The van der Waals surface area contributed by atoms with E-state index in [1.807, 2.05) is 12.1 Å². The summed E-state index contributed by atoms with van der Waals surface area (Å²) >= 11 is 0. The van der Waals surface area contributed by atoms with Crippen molar-refractivity contribution in [3.8, 4) is 0 Å². The number of aromatic nitrogens is 3. The summed E-state index contributed by atoms with van der Waals surface area (Å²) in [6.07, 6.45) is 4.52. The van der Waals surface area contributed by atoms with Gasteiger partial charge in [0.05, 0.1) is 29.5 Å². The zero-order valence-corrected chi connectivity index (χ0v) is 16.2. The van der Waals surface area contributed by atoms with Crippen molar-refractivity contribution >= 4 is 23.0 Å². The van der Waals surface area contributed by atoms with Crippen LogP contribution in [0.1, 0.15) is 23.3 Å². The van der Waals surface area contributed by atoms with Crippen LogP contribution in [0.15, 0.2) is 48.8 Å². The number of carbonyl (C=O) groups excluding carboxylic acids is 1. The first-order chi connectivity index (χ1) is 14.3. The van der Waals surface area contributed by atoms with Crippen LogP contribution in [-0.4, -0.2) is 65.4 Å². The summed E-state index contributed by atoms with van der Waals surface area (Å²) < 4.78 is 0.